The van der Waals surface area contributed by atoms with Crippen molar-refractivity contribution in [1.29, 1.82) is 0 Å². The van der Waals surface area contributed by atoms with Gasteiger partial charge in [0, 0.05) is 5.56 Å². The van der Waals surface area contributed by atoms with Crippen LogP contribution in [0.2, 0.25) is 0 Å². The highest BCUT2D eigenvalue weighted by molar-refractivity contribution is 5.38. The second-order valence-electron chi connectivity index (χ2n) is 5.69. The van der Waals surface area contributed by atoms with Crippen molar-refractivity contribution in [3.63, 3.8) is 0 Å². The summed E-state index contributed by atoms with van der Waals surface area (Å²) in [6.07, 6.45) is 6.93. The third kappa shape index (κ3) is 5.35. The van der Waals surface area contributed by atoms with E-state index in [1.807, 2.05) is 18.2 Å². The van der Waals surface area contributed by atoms with Gasteiger partial charge in [0.05, 0.1) is 0 Å². The molecule has 0 aliphatic rings. The Morgan fingerprint density at radius 1 is 1.11 bits per heavy atom. The van der Waals surface area contributed by atoms with Gasteiger partial charge in [-0.25, -0.2) is 0 Å². The van der Waals surface area contributed by atoms with Gasteiger partial charge in [-0.1, -0.05) is 76.1 Å². The molecule has 0 bridgehead atoms. The van der Waals surface area contributed by atoms with Crippen LogP contribution >= 0.6 is 0 Å². The van der Waals surface area contributed by atoms with Crippen LogP contribution in [0.1, 0.15) is 58.9 Å². The van der Waals surface area contributed by atoms with Crippen LogP contribution in [0.4, 0.5) is 0 Å². The maximum Gasteiger partial charge on any atom is 0.0248 e. The van der Waals surface area contributed by atoms with Gasteiger partial charge in [-0.05, 0) is 36.5 Å². The molecular formula is C19H26. The van der Waals surface area contributed by atoms with Crippen molar-refractivity contribution >= 4 is 0 Å². The van der Waals surface area contributed by atoms with Crippen molar-refractivity contribution in [2.75, 3.05) is 0 Å². The predicted octanol–water partition coefficient (Wildman–Crippen LogP) is 5.59. The van der Waals surface area contributed by atoms with E-state index in [4.69, 9.17) is 0 Å². The third-order valence-corrected chi connectivity index (χ3v) is 3.50. The lowest BCUT2D eigenvalue weighted by Gasteiger charge is -2.27. The fourth-order valence-corrected chi connectivity index (χ4v) is 2.39. The minimum absolute atomic E-state index is 0.274. The second kappa shape index (κ2) is 7.85. The zero-order valence-electron chi connectivity index (χ0n) is 12.8. The first-order chi connectivity index (χ1) is 9.10. The summed E-state index contributed by atoms with van der Waals surface area (Å²) in [5.74, 6) is 6.46. The molecule has 0 aromatic heterocycles. The van der Waals surface area contributed by atoms with Gasteiger partial charge < -0.3 is 0 Å². The van der Waals surface area contributed by atoms with Crippen molar-refractivity contribution in [1.82, 2.24) is 0 Å². The molecule has 19 heavy (non-hydrogen) atoms. The third-order valence-electron chi connectivity index (χ3n) is 3.50. The Morgan fingerprint density at radius 3 is 2.37 bits per heavy atom. The molecule has 0 radical (unpaired) electrons. The highest BCUT2D eigenvalue weighted by Crippen LogP contribution is 2.34. The number of hydrogen-bond acceptors (Lipinski definition) is 0. The number of hydrogen-bond donors (Lipinski definition) is 0. The molecule has 0 spiro atoms. The molecule has 0 N–H and O–H groups in total. The summed E-state index contributed by atoms with van der Waals surface area (Å²) in [5, 5.41) is 0. The van der Waals surface area contributed by atoms with Gasteiger partial charge in [0.2, 0.25) is 0 Å². The fraction of sp³-hybridized carbons (Fsp3) is 0.474. The Labute approximate surface area is 118 Å². The molecule has 1 rings (SSSR count). The zero-order valence-corrected chi connectivity index (χ0v) is 12.8. The molecule has 0 amide bonds. The van der Waals surface area contributed by atoms with Crippen LogP contribution in [0.15, 0.2) is 42.0 Å². The first kappa shape index (κ1) is 15.6. The Hall–Kier alpha value is -1.48. The SMILES string of the molecule is CCC/C(=C\C#Cc1ccccc1)C(C)(C)CCC. The molecule has 0 saturated heterocycles. The fourth-order valence-electron chi connectivity index (χ4n) is 2.39. The van der Waals surface area contributed by atoms with E-state index in [0.29, 0.717) is 0 Å². The molecular weight excluding hydrogens is 228 g/mol. The van der Waals surface area contributed by atoms with E-state index in [2.05, 4.69) is 57.7 Å². The maximum atomic E-state index is 3.24. The molecule has 1 aromatic carbocycles. The smallest absolute Gasteiger partial charge is 0.0248 e. The Balaban J connectivity index is 2.88. The predicted molar refractivity (Wildman–Crippen MR) is 85.0 cm³/mol. The Kier molecular flexibility index (Phi) is 6.43. The summed E-state index contributed by atoms with van der Waals surface area (Å²) in [5.41, 5.74) is 2.85. The van der Waals surface area contributed by atoms with Gasteiger partial charge >= 0.3 is 0 Å². The molecule has 1 aromatic rings. The van der Waals surface area contributed by atoms with Crippen molar-refractivity contribution in [2.45, 2.75) is 53.4 Å². The largest absolute Gasteiger partial charge is 0.0696 e. The molecule has 0 nitrogen and oxygen atoms in total. The van der Waals surface area contributed by atoms with E-state index in [-0.39, 0.29) is 5.41 Å². The van der Waals surface area contributed by atoms with Gasteiger partial charge in [-0.2, -0.15) is 0 Å². The van der Waals surface area contributed by atoms with E-state index in [9.17, 15) is 0 Å². The highest BCUT2D eigenvalue weighted by atomic mass is 14.3. The molecule has 0 aliphatic heterocycles. The molecule has 0 saturated carbocycles. The van der Waals surface area contributed by atoms with Gasteiger partial charge in [0.25, 0.3) is 0 Å². The number of rotatable bonds is 5. The topological polar surface area (TPSA) is 0 Å². The number of benzene rings is 1. The van der Waals surface area contributed by atoms with Crippen LogP contribution in [-0.2, 0) is 0 Å². The first-order valence-corrected chi connectivity index (χ1v) is 7.36. The molecule has 0 heterocycles. The maximum absolute atomic E-state index is 3.24. The molecule has 0 unspecified atom stereocenters. The summed E-state index contributed by atoms with van der Waals surface area (Å²) in [7, 11) is 0. The van der Waals surface area contributed by atoms with Gasteiger partial charge in [-0.15, -0.1) is 0 Å². The van der Waals surface area contributed by atoms with E-state index < -0.39 is 0 Å². The summed E-state index contributed by atoms with van der Waals surface area (Å²) < 4.78 is 0. The second-order valence-corrected chi connectivity index (χ2v) is 5.69. The van der Waals surface area contributed by atoms with Crippen molar-refractivity contribution in [3.8, 4) is 11.8 Å². The highest BCUT2D eigenvalue weighted by Gasteiger charge is 2.20. The van der Waals surface area contributed by atoms with Crippen LogP contribution < -0.4 is 0 Å². The van der Waals surface area contributed by atoms with Crippen LogP contribution in [0.25, 0.3) is 0 Å². The summed E-state index contributed by atoms with van der Waals surface area (Å²) in [4.78, 5) is 0. The standard InChI is InChI=1S/C19H26/c1-5-11-18(19(3,4)16-6-2)15-10-14-17-12-8-7-9-13-17/h7-9,12-13,15H,5-6,11,16H2,1-4H3/b18-15+. The average Bonchev–Trinajstić information content (AvgIpc) is 2.39. The molecule has 0 fully saturated rings. The number of allylic oxidation sites excluding steroid dienone is 2. The Morgan fingerprint density at radius 2 is 1.79 bits per heavy atom. The minimum Gasteiger partial charge on any atom is -0.0696 e. The molecule has 0 heteroatoms. The van der Waals surface area contributed by atoms with E-state index in [0.717, 1.165) is 12.0 Å². The van der Waals surface area contributed by atoms with Gasteiger partial charge in [0.1, 0.15) is 0 Å². The normalized spacial score (nSPS) is 11.9. The van der Waals surface area contributed by atoms with Crippen LogP contribution in [-0.4, -0.2) is 0 Å². The zero-order chi connectivity index (χ0) is 14.1. The van der Waals surface area contributed by atoms with Crippen LogP contribution in [0.3, 0.4) is 0 Å². The Bertz CT molecular complexity index is 452. The van der Waals surface area contributed by atoms with Crippen molar-refractivity contribution in [2.24, 2.45) is 5.41 Å². The van der Waals surface area contributed by atoms with Crippen LogP contribution in [0, 0.1) is 17.3 Å². The van der Waals surface area contributed by atoms with Crippen molar-refractivity contribution < 1.29 is 0 Å². The average molecular weight is 254 g/mol. The lowest BCUT2D eigenvalue weighted by Crippen LogP contribution is -2.14. The quantitative estimate of drug-likeness (QED) is 0.601. The first-order valence-electron chi connectivity index (χ1n) is 7.36. The van der Waals surface area contributed by atoms with Gasteiger partial charge in [-0.3, -0.25) is 0 Å². The van der Waals surface area contributed by atoms with Crippen molar-refractivity contribution in [3.05, 3.63) is 47.5 Å². The van der Waals surface area contributed by atoms with E-state index >= 15 is 0 Å². The summed E-state index contributed by atoms with van der Waals surface area (Å²) >= 11 is 0. The lowest BCUT2D eigenvalue weighted by molar-refractivity contribution is 0.388. The molecule has 0 aliphatic carbocycles. The minimum atomic E-state index is 0.274. The summed E-state index contributed by atoms with van der Waals surface area (Å²) in [6, 6.07) is 10.2. The summed E-state index contributed by atoms with van der Waals surface area (Å²) in [6.45, 7) is 9.16. The van der Waals surface area contributed by atoms with Crippen LogP contribution in [0.5, 0.6) is 0 Å². The monoisotopic (exact) mass is 254 g/mol. The molecule has 102 valence electrons. The van der Waals surface area contributed by atoms with Gasteiger partial charge in [0.15, 0.2) is 0 Å². The van der Waals surface area contributed by atoms with E-state index in [1.54, 1.807) is 0 Å². The lowest BCUT2D eigenvalue weighted by atomic mass is 9.78. The molecule has 0 atom stereocenters. The van der Waals surface area contributed by atoms with E-state index in [1.165, 1.54) is 24.8 Å².